The van der Waals surface area contributed by atoms with E-state index in [1.54, 1.807) is 0 Å². The maximum Gasteiger partial charge on any atom is 0.316 e. The molecular formula is C5H3Cl2NO3S2. The number of hydrogen-bond acceptors (Lipinski definition) is 4. The van der Waals surface area contributed by atoms with Crippen LogP contribution in [0.5, 0.6) is 0 Å². The van der Waals surface area contributed by atoms with Gasteiger partial charge in [-0.1, -0.05) is 34.5 Å². The Balaban J connectivity index is 2.88. The van der Waals surface area contributed by atoms with Crippen LogP contribution in [0.2, 0.25) is 8.80 Å². The third-order valence-corrected chi connectivity index (χ3v) is 3.84. The van der Waals surface area contributed by atoms with Crippen LogP contribution >= 0.6 is 34.5 Å². The summed E-state index contributed by atoms with van der Waals surface area (Å²) in [6, 6.07) is 0. The molecule has 1 atom stereocenters. The van der Waals surface area contributed by atoms with E-state index >= 15 is 0 Å². The number of aromatic nitrogens is 1. The molecule has 13 heavy (non-hydrogen) atoms. The lowest BCUT2D eigenvalue weighted by Crippen LogP contribution is -2.09. The number of hydrogen-bond donors (Lipinski definition) is 1. The molecule has 1 rings (SSSR count). The zero-order valence-corrected chi connectivity index (χ0v) is 9.14. The highest BCUT2D eigenvalue weighted by molar-refractivity contribution is 7.86. The van der Waals surface area contributed by atoms with Gasteiger partial charge in [0.15, 0.2) is 9.49 Å². The van der Waals surface area contributed by atoms with E-state index in [1.807, 2.05) is 0 Å². The molecule has 1 heterocycles. The third kappa shape index (κ3) is 2.91. The smallest absolute Gasteiger partial charge is 0.316 e. The number of carboxylic acids is 1. The first kappa shape index (κ1) is 10.9. The molecule has 0 saturated heterocycles. The standard InChI is InChI=1S/C5H3Cl2NO3S2/c6-3-4(8-5(7)12-3)13(11)1-2(9)10/h1H2,(H,9,10)/t13-/m0/s1. The molecule has 1 aromatic rings. The lowest BCUT2D eigenvalue weighted by atomic mass is 10.8. The Labute approximate surface area is 90.0 Å². The predicted molar refractivity (Wildman–Crippen MR) is 51.0 cm³/mol. The molecule has 0 spiro atoms. The third-order valence-electron chi connectivity index (χ3n) is 1.00. The summed E-state index contributed by atoms with van der Waals surface area (Å²) >= 11 is 12.1. The van der Waals surface area contributed by atoms with Gasteiger partial charge >= 0.3 is 5.97 Å². The Kier molecular flexibility index (Phi) is 3.66. The van der Waals surface area contributed by atoms with E-state index in [0.717, 1.165) is 11.3 Å². The van der Waals surface area contributed by atoms with Gasteiger partial charge in [0.1, 0.15) is 10.1 Å². The van der Waals surface area contributed by atoms with Crippen molar-refractivity contribution in [1.29, 1.82) is 0 Å². The summed E-state index contributed by atoms with van der Waals surface area (Å²) in [6.45, 7) is 0. The Bertz CT molecular complexity index is 365. The Morgan fingerprint density at radius 1 is 1.62 bits per heavy atom. The maximum absolute atomic E-state index is 11.2. The molecule has 0 aliphatic heterocycles. The van der Waals surface area contributed by atoms with Crippen LogP contribution in [-0.2, 0) is 15.6 Å². The van der Waals surface area contributed by atoms with Gasteiger partial charge in [-0.15, -0.1) is 0 Å². The maximum atomic E-state index is 11.2. The molecule has 72 valence electrons. The molecule has 0 fully saturated rings. The second-order valence-corrected chi connectivity index (χ2v) is 5.48. The number of rotatable bonds is 3. The first-order chi connectivity index (χ1) is 6.00. The van der Waals surface area contributed by atoms with Gasteiger partial charge < -0.3 is 5.11 Å². The van der Waals surface area contributed by atoms with E-state index in [0.29, 0.717) is 0 Å². The molecule has 0 aliphatic carbocycles. The number of nitrogens with zero attached hydrogens (tertiary/aromatic N) is 1. The van der Waals surface area contributed by atoms with Crippen molar-refractivity contribution in [3.05, 3.63) is 8.80 Å². The fourth-order valence-electron chi connectivity index (χ4n) is 0.585. The van der Waals surface area contributed by atoms with E-state index in [4.69, 9.17) is 28.3 Å². The van der Waals surface area contributed by atoms with Gasteiger partial charge in [0.25, 0.3) is 0 Å². The summed E-state index contributed by atoms with van der Waals surface area (Å²) < 4.78 is 11.5. The number of carbonyl (C=O) groups is 1. The van der Waals surface area contributed by atoms with Crippen LogP contribution in [0.4, 0.5) is 0 Å². The van der Waals surface area contributed by atoms with E-state index in [1.165, 1.54) is 0 Å². The average Bonchev–Trinajstić information content (AvgIpc) is 2.28. The molecule has 1 N–H and O–H groups in total. The van der Waals surface area contributed by atoms with Crippen LogP contribution in [0.3, 0.4) is 0 Å². The molecule has 0 amide bonds. The SMILES string of the molecule is O=C(O)C[S@](=O)c1nc(Cl)sc1Cl. The van der Waals surface area contributed by atoms with Gasteiger partial charge in [0, 0.05) is 0 Å². The van der Waals surface area contributed by atoms with Crippen molar-refractivity contribution < 1.29 is 14.1 Å². The topological polar surface area (TPSA) is 67.3 Å². The highest BCUT2D eigenvalue weighted by atomic mass is 35.5. The molecule has 0 radical (unpaired) electrons. The number of aliphatic carboxylic acids is 1. The fourth-order valence-corrected chi connectivity index (χ4v) is 3.20. The quantitative estimate of drug-likeness (QED) is 0.897. The minimum atomic E-state index is -1.72. The minimum Gasteiger partial charge on any atom is -0.481 e. The summed E-state index contributed by atoms with van der Waals surface area (Å²) in [5, 5.41) is 8.39. The number of thiazole rings is 1. The summed E-state index contributed by atoms with van der Waals surface area (Å²) in [4.78, 5) is 13.9. The molecule has 0 bridgehead atoms. The predicted octanol–water partition coefficient (Wildman–Crippen LogP) is 1.64. The van der Waals surface area contributed by atoms with Gasteiger partial charge in [-0.05, 0) is 0 Å². The Morgan fingerprint density at radius 3 is 2.62 bits per heavy atom. The minimum absolute atomic E-state index is 0.0408. The Morgan fingerprint density at radius 2 is 2.23 bits per heavy atom. The largest absolute Gasteiger partial charge is 0.481 e. The molecule has 0 unspecified atom stereocenters. The van der Waals surface area contributed by atoms with E-state index in [-0.39, 0.29) is 13.8 Å². The fraction of sp³-hybridized carbons (Fsp3) is 0.200. The molecule has 1 aromatic heterocycles. The highest BCUT2D eigenvalue weighted by Crippen LogP contribution is 2.29. The van der Waals surface area contributed by atoms with Crippen molar-refractivity contribution in [1.82, 2.24) is 4.98 Å². The van der Waals surface area contributed by atoms with Crippen molar-refractivity contribution in [3.8, 4) is 0 Å². The Hall–Kier alpha value is -0.170. The highest BCUT2D eigenvalue weighted by Gasteiger charge is 2.17. The van der Waals surface area contributed by atoms with Crippen LogP contribution < -0.4 is 0 Å². The second-order valence-electron chi connectivity index (χ2n) is 1.93. The van der Waals surface area contributed by atoms with Crippen LogP contribution in [-0.4, -0.2) is 26.0 Å². The zero-order valence-electron chi connectivity index (χ0n) is 5.99. The molecule has 0 aromatic carbocycles. The van der Waals surface area contributed by atoms with Crippen molar-refractivity contribution in [2.24, 2.45) is 0 Å². The summed E-state index contributed by atoms with van der Waals surface area (Å²) in [7, 11) is -1.72. The van der Waals surface area contributed by atoms with Gasteiger partial charge in [0.2, 0.25) is 0 Å². The first-order valence-electron chi connectivity index (χ1n) is 2.92. The lowest BCUT2D eigenvalue weighted by molar-refractivity contribution is -0.133. The van der Waals surface area contributed by atoms with Crippen LogP contribution in [0.15, 0.2) is 5.03 Å². The van der Waals surface area contributed by atoms with Gasteiger partial charge in [0.05, 0.1) is 10.8 Å². The van der Waals surface area contributed by atoms with Crippen molar-refractivity contribution in [3.63, 3.8) is 0 Å². The second kappa shape index (κ2) is 4.36. The molecule has 4 nitrogen and oxygen atoms in total. The van der Waals surface area contributed by atoms with E-state index in [2.05, 4.69) is 4.98 Å². The molecular weight excluding hydrogens is 257 g/mol. The number of carboxylic acid groups (broad SMARTS) is 1. The van der Waals surface area contributed by atoms with Crippen LogP contribution in [0, 0.1) is 0 Å². The van der Waals surface area contributed by atoms with E-state index < -0.39 is 22.5 Å². The van der Waals surface area contributed by atoms with Crippen molar-refractivity contribution in [2.75, 3.05) is 5.75 Å². The summed E-state index contributed by atoms with van der Waals surface area (Å²) in [6.07, 6.45) is 0. The van der Waals surface area contributed by atoms with Crippen molar-refractivity contribution in [2.45, 2.75) is 5.03 Å². The molecule has 0 saturated carbocycles. The zero-order chi connectivity index (χ0) is 10.0. The van der Waals surface area contributed by atoms with Crippen LogP contribution in [0.1, 0.15) is 0 Å². The van der Waals surface area contributed by atoms with Gasteiger partial charge in [-0.3, -0.25) is 9.00 Å². The van der Waals surface area contributed by atoms with Crippen LogP contribution in [0.25, 0.3) is 0 Å². The van der Waals surface area contributed by atoms with Crippen molar-refractivity contribution >= 4 is 51.3 Å². The van der Waals surface area contributed by atoms with Gasteiger partial charge in [-0.2, -0.15) is 0 Å². The number of halogens is 2. The molecule has 0 aliphatic rings. The lowest BCUT2D eigenvalue weighted by Gasteiger charge is -1.92. The normalized spacial score (nSPS) is 12.8. The van der Waals surface area contributed by atoms with Gasteiger partial charge in [-0.25, -0.2) is 4.98 Å². The first-order valence-corrected chi connectivity index (χ1v) is 5.82. The molecule has 8 heteroatoms. The summed E-state index contributed by atoms with van der Waals surface area (Å²) in [5.74, 6) is -1.68. The average molecular weight is 260 g/mol. The summed E-state index contributed by atoms with van der Waals surface area (Å²) in [5.41, 5.74) is 0. The monoisotopic (exact) mass is 259 g/mol. The van der Waals surface area contributed by atoms with E-state index in [9.17, 15) is 9.00 Å².